The van der Waals surface area contributed by atoms with E-state index in [0.717, 1.165) is 27.6 Å². The number of hydrogen-bond acceptors (Lipinski definition) is 3. The van der Waals surface area contributed by atoms with Crippen LogP contribution in [0.25, 0.3) is 22.0 Å². The van der Waals surface area contributed by atoms with E-state index >= 15 is 0 Å². The molecule has 0 aliphatic heterocycles. The summed E-state index contributed by atoms with van der Waals surface area (Å²) in [5.41, 5.74) is 3.88. The zero-order valence-corrected chi connectivity index (χ0v) is 16.2. The van der Waals surface area contributed by atoms with E-state index in [0.29, 0.717) is 19.4 Å². The molecule has 27 heavy (non-hydrogen) atoms. The molecule has 0 bridgehead atoms. The quantitative estimate of drug-likeness (QED) is 0.608. The Bertz CT molecular complexity index is 967. The minimum Gasteiger partial charge on any atom is -0.294 e. The van der Waals surface area contributed by atoms with Gasteiger partial charge in [-0.05, 0) is 47.2 Å². The maximum Gasteiger partial charge on any atom is 0.231 e. The molecule has 2 heterocycles. The number of nitrogens with one attached hydrogen (secondary N) is 1. The van der Waals surface area contributed by atoms with Crippen molar-refractivity contribution in [3.05, 3.63) is 54.5 Å². The van der Waals surface area contributed by atoms with Crippen LogP contribution in [-0.2, 0) is 17.7 Å². The van der Waals surface area contributed by atoms with Crippen LogP contribution in [0.15, 0.2) is 48.9 Å². The van der Waals surface area contributed by atoms with E-state index in [4.69, 9.17) is 4.55 Å². The van der Waals surface area contributed by atoms with Gasteiger partial charge in [-0.25, -0.2) is 8.93 Å². The Balaban J connectivity index is 2.04. The van der Waals surface area contributed by atoms with Gasteiger partial charge in [0, 0.05) is 36.9 Å². The van der Waals surface area contributed by atoms with Gasteiger partial charge in [-0.3, -0.25) is 18.9 Å². The lowest BCUT2D eigenvalue weighted by atomic mass is 10.0. The van der Waals surface area contributed by atoms with E-state index in [2.05, 4.69) is 9.71 Å². The molecular weight excluding hydrogens is 362 g/mol. The summed E-state index contributed by atoms with van der Waals surface area (Å²) in [6, 6.07) is 9.92. The molecule has 0 saturated heterocycles. The smallest absolute Gasteiger partial charge is 0.231 e. The minimum absolute atomic E-state index is 0.0480. The maximum absolute atomic E-state index is 12.8. The molecule has 2 aromatic heterocycles. The van der Waals surface area contributed by atoms with Crippen molar-refractivity contribution in [1.82, 2.24) is 14.3 Å². The summed E-state index contributed by atoms with van der Waals surface area (Å²) in [5.74, 6) is 0.312. The molecule has 1 aromatic carbocycles. The van der Waals surface area contributed by atoms with Crippen LogP contribution in [0, 0.1) is 5.92 Å². The van der Waals surface area contributed by atoms with E-state index < -0.39 is 11.3 Å². The molecule has 142 valence electrons. The predicted molar refractivity (Wildman–Crippen MR) is 108 cm³/mol. The molecule has 1 unspecified atom stereocenters. The second kappa shape index (κ2) is 8.56. The van der Waals surface area contributed by atoms with Crippen molar-refractivity contribution in [2.24, 2.45) is 5.92 Å². The van der Waals surface area contributed by atoms with E-state index in [1.54, 1.807) is 17.0 Å². The van der Waals surface area contributed by atoms with Crippen molar-refractivity contribution < 1.29 is 13.6 Å². The Morgan fingerprint density at radius 3 is 2.63 bits per heavy atom. The number of benzene rings is 1. The molecular formula is C20H23N3O3S. The number of pyridine rings is 1. The van der Waals surface area contributed by atoms with E-state index in [1.807, 2.05) is 50.4 Å². The Labute approximate surface area is 161 Å². The molecule has 0 aliphatic carbocycles. The summed E-state index contributed by atoms with van der Waals surface area (Å²) in [4.78, 5) is 16.8. The second-order valence-electron chi connectivity index (χ2n) is 6.88. The molecule has 0 fully saturated rings. The minimum atomic E-state index is -2.04. The first-order valence-electron chi connectivity index (χ1n) is 8.87. The lowest BCUT2D eigenvalue weighted by molar-refractivity contribution is 0.0892. The Kier molecular flexibility index (Phi) is 6.15. The molecule has 7 heteroatoms. The predicted octanol–water partition coefficient (Wildman–Crippen LogP) is 3.66. The summed E-state index contributed by atoms with van der Waals surface area (Å²) < 4.78 is 23.9. The van der Waals surface area contributed by atoms with Crippen molar-refractivity contribution >= 4 is 28.1 Å². The van der Waals surface area contributed by atoms with Gasteiger partial charge in [0.25, 0.3) is 0 Å². The van der Waals surface area contributed by atoms with Crippen molar-refractivity contribution in [3.63, 3.8) is 0 Å². The molecule has 0 radical (unpaired) electrons. The number of carbonyl (C=O) groups is 1. The van der Waals surface area contributed by atoms with Gasteiger partial charge in [0.1, 0.15) is 0 Å². The van der Waals surface area contributed by atoms with Gasteiger partial charge in [-0.1, -0.05) is 26.0 Å². The van der Waals surface area contributed by atoms with Crippen molar-refractivity contribution in [3.8, 4) is 11.1 Å². The van der Waals surface area contributed by atoms with E-state index in [-0.39, 0.29) is 11.8 Å². The van der Waals surface area contributed by atoms with Gasteiger partial charge in [-0.2, -0.15) is 0 Å². The second-order valence-corrected chi connectivity index (χ2v) is 7.66. The fraction of sp³-hybridized carbons (Fsp3) is 0.300. The van der Waals surface area contributed by atoms with E-state index in [1.165, 1.54) is 0 Å². The van der Waals surface area contributed by atoms with Gasteiger partial charge in [0.15, 0.2) is 0 Å². The highest BCUT2D eigenvalue weighted by molar-refractivity contribution is 7.77. The highest BCUT2D eigenvalue weighted by atomic mass is 32.2. The van der Waals surface area contributed by atoms with Gasteiger partial charge in [0.2, 0.25) is 17.2 Å². The largest absolute Gasteiger partial charge is 0.294 e. The normalized spacial score (nSPS) is 12.6. The third kappa shape index (κ3) is 4.68. The van der Waals surface area contributed by atoms with Crippen LogP contribution in [0.3, 0.4) is 0 Å². The summed E-state index contributed by atoms with van der Waals surface area (Å²) in [5, 5.41) is 0.982. The first-order chi connectivity index (χ1) is 13.0. The number of aromatic nitrogens is 2. The van der Waals surface area contributed by atoms with Crippen LogP contribution in [0.5, 0.6) is 0 Å². The average molecular weight is 385 g/mol. The average Bonchev–Trinajstić information content (AvgIpc) is 3.00. The van der Waals surface area contributed by atoms with Crippen molar-refractivity contribution in [2.45, 2.75) is 26.7 Å². The first kappa shape index (κ1) is 19.4. The van der Waals surface area contributed by atoms with Gasteiger partial charge in [-0.15, -0.1) is 0 Å². The van der Waals surface area contributed by atoms with Crippen LogP contribution >= 0.6 is 0 Å². The van der Waals surface area contributed by atoms with Crippen LogP contribution < -0.4 is 4.72 Å². The van der Waals surface area contributed by atoms with Gasteiger partial charge in [0.05, 0.1) is 5.52 Å². The number of hydrogen-bond donors (Lipinski definition) is 2. The van der Waals surface area contributed by atoms with E-state index in [9.17, 15) is 9.00 Å². The summed E-state index contributed by atoms with van der Waals surface area (Å²) in [6.45, 7) is 4.40. The molecule has 0 amide bonds. The summed E-state index contributed by atoms with van der Waals surface area (Å²) in [7, 11) is 0. The highest BCUT2D eigenvalue weighted by Crippen LogP contribution is 2.28. The zero-order valence-electron chi connectivity index (χ0n) is 15.4. The topological polar surface area (TPSA) is 84.2 Å². The number of nitrogens with zero attached hydrogens (tertiary/aromatic N) is 2. The first-order valence-corrected chi connectivity index (χ1v) is 9.98. The summed E-state index contributed by atoms with van der Waals surface area (Å²) >= 11 is -2.04. The Morgan fingerprint density at radius 2 is 1.96 bits per heavy atom. The van der Waals surface area contributed by atoms with Crippen molar-refractivity contribution in [2.75, 3.05) is 6.54 Å². The van der Waals surface area contributed by atoms with Crippen LogP contribution in [0.1, 0.15) is 30.6 Å². The molecule has 2 N–H and O–H groups in total. The van der Waals surface area contributed by atoms with Gasteiger partial charge >= 0.3 is 0 Å². The standard InChI is InChI=1S/C20H23N3O3S/c1-14(2)11-20(24)23-13-17(7-10-22-27(25)26)18-4-3-16(12-19(18)23)15-5-8-21-9-6-15/h3-6,8-9,12-14,22H,7,10-11H2,1-2H3,(H,25,26). The maximum atomic E-state index is 12.8. The van der Waals surface area contributed by atoms with Crippen molar-refractivity contribution in [1.29, 1.82) is 0 Å². The highest BCUT2D eigenvalue weighted by Gasteiger charge is 2.16. The monoisotopic (exact) mass is 385 g/mol. The lowest BCUT2D eigenvalue weighted by Gasteiger charge is -2.08. The molecule has 0 aliphatic rings. The number of carbonyl (C=O) groups excluding carboxylic acids is 1. The molecule has 3 aromatic rings. The van der Waals surface area contributed by atoms with Crippen LogP contribution in [0.4, 0.5) is 0 Å². The molecule has 0 spiro atoms. The molecule has 3 rings (SSSR count). The Morgan fingerprint density at radius 1 is 1.22 bits per heavy atom. The van der Waals surface area contributed by atoms with Crippen LogP contribution in [0.2, 0.25) is 0 Å². The van der Waals surface area contributed by atoms with Crippen LogP contribution in [-0.4, -0.2) is 30.8 Å². The summed E-state index contributed by atoms with van der Waals surface area (Å²) in [6.07, 6.45) is 6.36. The Hall–Kier alpha value is -2.35. The number of rotatable bonds is 7. The third-order valence-corrected chi connectivity index (χ3v) is 4.82. The van der Waals surface area contributed by atoms with Gasteiger partial charge < -0.3 is 0 Å². The number of fused-ring (bicyclic) bond motifs is 1. The SMILES string of the molecule is CC(C)CC(=O)n1cc(CCNS(=O)O)c2ccc(-c3ccncc3)cc21. The lowest BCUT2D eigenvalue weighted by Crippen LogP contribution is -2.19. The molecule has 0 saturated carbocycles. The fourth-order valence-corrected chi connectivity index (χ4v) is 3.42. The molecule has 6 nitrogen and oxygen atoms in total. The molecule has 1 atom stereocenters. The fourth-order valence-electron chi connectivity index (χ4n) is 3.15. The zero-order chi connectivity index (χ0) is 19.4. The third-order valence-electron chi connectivity index (χ3n) is 4.37.